The quantitative estimate of drug-likeness (QED) is 0.762. The van der Waals surface area contributed by atoms with Crippen LogP contribution in [-0.2, 0) is 13.2 Å². The average molecular weight is 287 g/mol. The topological polar surface area (TPSA) is 81.1 Å². The van der Waals surface area contributed by atoms with Crippen LogP contribution in [-0.4, -0.2) is 9.72 Å². The van der Waals surface area contributed by atoms with E-state index >= 15 is 0 Å². The standard InChI is InChI=1S/C15H17N3O3/c1-11-13(12(2)21-17-11)10-20-14-6-5-9-18(15(14)19)8-4-3-7-16/h5-6,9H,3-4,8,10H2,1-2H3. The number of hydrogen-bond acceptors (Lipinski definition) is 5. The van der Waals surface area contributed by atoms with Gasteiger partial charge in [-0.3, -0.25) is 4.79 Å². The van der Waals surface area contributed by atoms with Crippen molar-refractivity contribution in [3.63, 3.8) is 0 Å². The molecule has 0 aliphatic carbocycles. The maximum atomic E-state index is 12.2. The molecule has 6 heteroatoms. The minimum Gasteiger partial charge on any atom is -0.483 e. The van der Waals surface area contributed by atoms with Gasteiger partial charge in [0.2, 0.25) is 0 Å². The average Bonchev–Trinajstić information content (AvgIpc) is 2.79. The molecular weight excluding hydrogens is 270 g/mol. The van der Waals surface area contributed by atoms with Crippen molar-refractivity contribution in [3.05, 3.63) is 45.7 Å². The van der Waals surface area contributed by atoms with E-state index in [2.05, 4.69) is 11.2 Å². The van der Waals surface area contributed by atoms with Crippen LogP contribution in [0.15, 0.2) is 27.6 Å². The molecule has 0 unspecified atom stereocenters. The summed E-state index contributed by atoms with van der Waals surface area (Å²) in [6, 6.07) is 5.46. The third kappa shape index (κ3) is 3.51. The van der Waals surface area contributed by atoms with Crippen LogP contribution in [0.3, 0.4) is 0 Å². The smallest absolute Gasteiger partial charge is 0.292 e. The first-order valence-electron chi connectivity index (χ1n) is 6.74. The Morgan fingerprint density at radius 2 is 2.29 bits per heavy atom. The van der Waals surface area contributed by atoms with Gasteiger partial charge in [-0.25, -0.2) is 0 Å². The largest absolute Gasteiger partial charge is 0.483 e. The molecular formula is C15H17N3O3. The van der Waals surface area contributed by atoms with Crippen molar-refractivity contribution >= 4 is 0 Å². The van der Waals surface area contributed by atoms with Gasteiger partial charge in [0, 0.05) is 19.2 Å². The third-order valence-electron chi connectivity index (χ3n) is 3.23. The molecule has 0 atom stereocenters. The summed E-state index contributed by atoms with van der Waals surface area (Å²) >= 11 is 0. The summed E-state index contributed by atoms with van der Waals surface area (Å²) in [7, 11) is 0. The molecule has 0 spiro atoms. The second-order valence-corrected chi connectivity index (χ2v) is 4.72. The Morgan fingerprint density at radius 3 is 2.95 bits per heavy atom. The Morgan fingerprint density at radius 1 is 1.48 bits per heavy atom. The van der Waals surface area contributed by atoms with Crippen LogP contribution in [0.4, 0.5) is 0 Å². The fraction of sp³-hybridized carbons (Fsp3) is 0.400. The zero-order chi connectivity index (χ0) is 15.2. The third-order valence-corrected chi connectivity index (χ3v) is 3.23. The van der Waals surface area contributed by atoms with Crippen LogP contribution in [0.1, 0.15) is 29.9 Å². The van der Waals surface area contributed by atoms with Crippen molar-refractivity contribution in [2.45, 2.75) is 39.8 Å². The first-order chi connectivity index (χ1) is 10.1. The van der Waals surface area contributed by atoms with Crippen LogP contribution < -0.4 is 10.3 Å². The Kier molecular flexibility index (Phi) is 4.77. The van der Waals surface area contributed by atoms with E-state index in [0.29, 0.717) is 25.1 Å². The Labute approximate surface area is 122 Å². The second-order valence-electron chi connectivity index (χ2n) is 4.72. The number of rotatable bonds is 6. The molecule has 21 heavy (non-hydrogen) atoms. The lowest BCUT2D eigenvalue weighted by molar-refractivity contribution is 0.294. The lowest BCUT2D eigenvalue weighted by Gasteiger charge is -2.08. The zero-order valence-corrected chi connectivity index (χ0v) is 12.1. The molecule has 2 aromatic rings. The number of pyridine rings is 1. The van der Waals surface area contributed by atoms with E-state index in [4.69, 9.17) is 14.5 Å². The molecule has 0 aromatic carbocycles. The molecule has 0 radical (unpaired) electrons. The van der Waals surface area contributed by atoms with Crippen LogP contribution in [0.2, 0.25) is 0 Å². The molecule has 2 aromatic heterocycles. The maximum absolute atomic E-state index is 12.2. The maximum Gasteiger partial charge on any atom is 0.292 e. The van der Waals surface area contributed by atoms with Crippen molar-refractivity contribution < 1.29 is 9.26 Å². The van der Waals surface area contributed by atoms with Crippen molar-refractivity contribution in [2.24, 2.45) is 0 Å². The van der Waals surface area contributed by atoms with Crippen LogP contribution in [0.25, 0.3) is 0 Å². The summed E-state index contributed by atoms with van der Waals surface area (Å²) in [5, 5.41) is 12.4. The van der Waals surface area contributed by atoms with Crippen LogP contribution >= 0.6 is 0 Å². The van der Waals surface area contributed by atoms with Gasteiger partial charge in [-0.15, -0.1) is 0 Å². The molecule has 0 fully saturated rings. The second kappa shape index (κ2) is 6.75. The minimum absolute atomic E-state index is 0.192. The van der Waals surface area contributed by atoms with Gasteiger partial charge < -0.3 is 13.8 Å². The highest BCUT2D eigenvalue weighted by Crippen LogP contribution is 2.14. The lowest BCUT2D eigenvalue weighted by atomic mass is 10.2. The van der Waals surface area contributed by atoms with E-state index < -0.39 is 0 Å². The molecule has 2 heterocycles. The van der Waals surface area contributed by atoms with Crippen LogP contribution in [0.5, 0.6) is 5.75 Å². The normalized spacial score (nSPS) is 10.3. The molecule has 0 saturated carbocycles. The van der Waals surface area contributed by atoms with Crippen LogP contribution in [0, 0.1) is 25.2 Å². The van der Waals surface area contributed by atoms with E-state index in [1.54, 1.807) is 22.9 Å². The van der Waals surface area contributed by atoms with E-state index in [1.807, 2.05) is 13.8 Å². The zero-order valence-electron chi connectivity index (χ0n) is 12.1. The summed E-state index contributed by atoms with van der Waals surface area (Å²) in [6.07, 6.45) is 2.77. The van der Waals surface area contributed by atoms with E-state index in [-0.39, 0.29) is 17.9 Å². The number of hydrogen-bond donors (Lipinski definition) is 0. The fourth-order valence-corrected chi connectivity index (χ4v) is 1.99. The molecule has 0 saturated heterocycles. The van der Waals surface area contributed by atoms with Gasteiger partial charge in [-0.1, -0.05) is 5.16 Å². The van der Waals surface area contributed by atoms with E-state index in [9.17, 15) is 4.79 Å². The van der Waals surface area contributed by atoms with E-state index in [1.165, 1.54) is 0 Å². The van der Waals surface area contributed by atoms with Gasteiger partial charge in [-0.05, 0) is 32.4 Å². The number of nitriles is 1. The van der Waals surface area contributed by atoms with Gasteiger partial charge in [0.15, 0.2) is 5.75 Å². The van der Waals surface area contributed by atoms with Gasteiger partial charge >= 0.3 is 0 Å². The first kappa shape index (κ1) is 14.9. The molecule has 2 rings (SSSR count). The first-order valence-corrected chi connectivity index (χ1v) is 6.74. The number of ether oxygens (including phenoxy) is 1. The summed E-state index contributed by atoms with van der Waals surface area (Å²) in [5.74, 6) is 0.979. The SMILES string of the molecule is Cc1noc(C)c1COc1cccn(CCCC#N)c1=O. The highest BCUT2D eigenvalue weighted by atomic mass is 16.5. The summed E-state index contributed by atoms with van der Waals surface area (Å²) in [6.45, 7) is 4.40. The molecule has 0 aliphatic heterocycles. The summed E-state index contributed by atoms with van der Waals surface area (Å²) in [5.41, 5.74) is 1.43. The Bertz CT molecular complexity index is 690. The lowest BCUT2D eigenvalue weighted by Crippen LogP contribution is -2.21. The Hall–Kier alpha value is -2.55. The predicted octanol–water partition coefficient (Wildman–Crippen LogP) is 2.34. The monoisotopic (exact) mass is 287 g/mol. The van der Waals surface area contributed by atoms with Gasteiger partial charge in [0.25, 0.3) is 5.56 Å². The molecule has 110 valence electrons. The van der Waals surface area contributed by atoms with Crippen molar-refractivity contribution in [2.75, 3.05) is 0 Å². The molecule has 6 nitrogen and oxygen atoms in total. The number of unbranched alkanes of at least 4 members (excludes halogenated alkanes) is 1. The minimum atomic E-state index is -0.192. The number of aryl methyl sites for hydroxylation is 3. The predicted molar refractivity (Wildman–Crippen MR) is 75.9 cm³/mol. The van der Waals surface area contributed by atoms with Gasteiger partial charge in [0.1, 0.15) is 12.4 Å². The molecule has 0 amide bonds. The molecule has 0 N–H and O–H groups in total. The van der Waals surface area contributed by atoms with Gasteiger partial charge in [0.05, 0.1) is 17.3 Å². The van der Waals surface area contributed by atoms with Crippen molar-refractivity contribution in [1.82, 2.24) is 9.72 Å². The highest BCUT2D eigenvalue weighted by molar-refractivity contribution is 5.22. The van der Waals surface area contributed by atoms with Crippen molar-refractivity contribution in [3.8, 4) is 11.8 Å². The van der Waals surface area contributed by atoms with Gasteiger partial charge in [-0.2, -0.15) is 5.26 Å². The number of aromatic nitrogens is 2. The number of nitrogens with zero attached hydrogens (tertiary/aromatic N) is 3. The highest BCUT2D eigenvalue weighted by Gasteiger charge is 2.11. The Balaban J connectivity index is 2.09. The molecule has 0 bridgehead atoms. The summed E-state index contributed by atoms with van der Waals surface area (Å²) in [4.78, 5) is 12.2. The fourth-order valence-electron chi connectivity index (χ4n) is 1.99. The molecule has 0 aliphatic rings. The van der Waals surface area contributed by atoms with E-state index in [0.717, 1.165) is 11.3 Å². The summed E-state index contributed by atoms with van der Waals surface area (Å²) < 4.78 is 12.2. The van der Waals surface area contributed by atoms with Crippen molar-refractivity contribution in [1.29, 1.82) is 5.26 Å².